The highest BCUT2D eigenvalue weighted by molar-refractivity contribution is 7.80. The van der Waals surface area contributed by atoms with Gasteiger partial charge < -0.3 is 0 Å². The summed E-state index contributed by atoms with van der Waals surface area (Å²) in [7, 11) is 0. The van der Waals surface area contributed by atoms with Crippen LogP contribution in [0.2, 0.25) is 0 Å². The SMILES string of the molecule is CC1CC(CS)C2C=CC=CC12. The molecule has 1 saturated carbocycles. The van der Waals surface area contributed by atoms with Gasteiger partial charge in [-0.25, -0.2) is 0 Å². The second-order valence-corrected chi connectivity index (χ2v) is 4.45. The predicted molar refractivity (Wildman–Crippen MR) is 56.4 cm³/mol. The zero-order valence-electron chi connectivity index (χ0n) is 7.48. The first-order valence-corrected chi connectivity index (χ1v) is 5.42. The second kappa shape index (κ2) is 3.29. The molecule has 1 heteroatoms. The number of fused-ring (bicyclic) bond motifs is 1. The van der Waals surface area contributed by atoms with E-state index in [1.165, 1.54) is 6.42 Å². The lowest BCUT2D eigenvalue weighted by Crippen LogP contribution is -2.15. The smallest absolute Gasteiger partial charge is 0.00636 e. The van der Waals surface area contributed by atoms with Gasteiger partial charge in [-0.05, 0) is 35.8 Å². The number of rotatable bonds is 1. The quantitative estimate of drug-likeness (QED) is 0.589. The number of allylic oxidation sites excluding steroid dienone is 4. The highest BCUT2D eigenvalue weighted by atomic mass is 32.1. The van der Waals surface area contributed by atoms with Crippen LogP contribution < -0.4 is 0 Å². The third kappa shape index (κ3) is 1.24. The molecule has 66 valence electrons. The molecule has 0 amide bonds. The molecule has 0 spiro atoms. The van der Waals surface area contributed by atoms with Crippen LogP contribution in [0, 0.1) is 23.7 Å². The molecule has 0 N–H and O–H groups in total. The van der Waals surface area contributed by atoms with Gasteiger partial charge >= 0.3 is 0 Å². The van der Waals surface area contributed by atoms with E-state index in [0.29, 0.717) is 0 Å². The van der Waals surface area contributed by atoms with E-state index in [1.807, 2.05) is 0 Å². The Morgan fingerprint density at radius 2 is 1.92 bits per heavy atom. The molecule has 2 aliphatic carbocycles. The lowest BCUT2D eigenvalue weighted by atomic mass is 9.85. The van der Waals surface area contributed by atoms with Crippen LogP contribution in [-0.4, -0.2) is 5.75 Å². The third-order valence-corrected chi connectivity index (χ3v) is 3.80. The van der Waals surface area contributed by atoms with E-state index in [-0.39, 0.29) is 0 Å². The molecule has 1 fully saturated rings. The third-order valence-electron chi connectivity index (χ3n) is 3.33. The summed E-state index contributed by atoms with van der Waals surface area (Å²) in [5, 5.41) is 0. The average molecular weight is 180 g/mol. The highest BCUT2D eigenvalue weighted by Crippen LogP contribution is 2.44. The van der Waals surface area contributed by atoms with E-state index in [4.69, 9.17) is 0 Å². The van der Waals surface area contributed by atoms with Gasteiger partial charge in [0.2, 0.25) is 0 Å². The molecule has 4 atom stereocenters. The first kappa shape index (κ1) is 8.43. The van der Waals surface area contributed by atoms with Crippen molar-refractivity contribution in [1.82, 2.24) is 0 Å². The van der Waals surface area contributed by atoms with E-state index < -0.39 is 0 Å². The van der Waals surface area contributed by atoms with Gasteiger partial charge in [0.05, 0.1) is 0 Å². The largest absolute Gasteiger partial charge is 0.179 e. The van der Waals surface area contributed by atoms with Gasteiger partial charge in [0.15, 0.2) is 0 Å². The normalized spacial score (nSPS) is 44.8. The van der Waals surface area contributed by atoms with Crippen LogP contribution in [0.15, 0.2) is 24.3 Å². The van der Waals surface area contributed by atoms with E-state index in [2.05, 4.69) is 43.9 Å². The molecule has 4 unspecified atom stereocenters. The van der Waals surface area contributed by atoms with Crippen LogP contribution in [0.3, 0.4) is 0 Å². The minimum atomic E-state index is 0.780. The fourth-order valence-electron chi connectivity index (χ4n) is 2.67. The molecule has 2 aliphatic rings. The molecule has 0 radical (unpaired) electrons. The summed E-state index contributed by atoms with van der Waals surface area (Å²) in [6, 6.07) is 0. The topological polar surface area (TPSA) is 0 Å². The van der Waals surface area contributed by atoms with Gasteiger partial charge in [-0.2, -0.15) is 12.6 Å². The maximum Gasteiger partial charge on any atom is -0.00636 e. The van der Waals surface area contributed by atoms with Crippen LogP contribution >= 0.6 is 12.6 Å². The minimum Gasteiger partial charge on any atom is -0.179 e. The van der Waals surface area contributed by atoms with Crippen molar-refractivity contribution in [3.63, 3.8) is 0 Å². The van der Waals surface area contributed by atoms with Crippen molar-refractivity contribution >= 4 is 12.6 Å². The average Bonchev–Trinajstić information content (AvgIpc) is 2.44. The van der Waals surface area contributed by atoms with Crippen LogP contribution in [0.1, 0.15) is 13.3 Å². The standard InChI is InChI=1S/C11H16S/c1-8-6-9(7-12)11-5-3-2-4-10(8)11/h2-5,8-12H,6-7H2,1H3. The van der Waals surface area contributed by atoms with Gasteiger partial charge in [0.1, 0.15) is 0 Å². The second-order valence-electron chi connectivity index (χ2n) is 4.08. The number of hydrogen-bond acceptors (Lipinski definition) is 1. The molecule has 0 aromatic rings. The molecule has 0 aromatic carbocycles. The fourth-order valence-corrected chi connectivity index (χ4v) is 3.06. The Morgan fingerprint density at radius 3 is 2.58 bits per heavy atom. The Hall–Kier alpha value is -0.170. The molecule has 0 saturated heterocycles. The monoisotopic (exact) mass is 180 g/mol. The molecule has 0 aliphatic heterocycles. The van der Waals surface area contributed by atoms with Crippen molar-refractivity contribution in [3.05, 3.63) is 24.3 Å². The Balaban J connectivity index is 2.18. The Morgan fingerprint density at radius 1 is 1.25 bits per heavy atom. The van der Waals surface area contributed by atoms with E-state index in [1.54, 1.807) is 0 Å². The maximum atomic E-state index is 4.42. The zero-order chi connectivity index (χ0) is 8.55. The Kier molecular flexibility index (Phi) is 2.31. The lowest BCUT2D eigenvalue weighted by molar-refractivity contribution is 0.430. The van der Waals surface area contributed by atoms with Crippen LogP contribution in [-0.2, 0) is 0 Å². The number of thiol groups is 1. The van der Waals surface area contributed by atoms with Gasteiger partial charge in [-0.1, -0.05) is 31.2 Å². The molecular formula is C11H16S. The van der Waals surface area contributed by atoms with Crippen molar-refractivity contribution in [2.45, 2.75) is 13.3 Å². The molecule has 12 heavy (non-hydrogen) atoms. The molecule has 0 bridgehead atoms. The lowest BCUT2D eigenvalue weighted by Gasteiger charge is -2.21. The van der Waals surface area contributed by atoms with E-state index in [0.717, 1.165) is 29.4 Å². The summed E-state index contributed by atoms with van der Waals surface area (Å²) in [6.07, 6.45) is 10.5. The summed E-state index contributed by atoms with van der Waals surface area (Å²) in [5.74, 6) is 4.29. The van der Waals surface area contributed by atoms with Crippen LogP contribution in [0.4, 0.5) is 0 Å². The summed E-state index contributed by atoms with van der Waals surface area (Å²) in [6.45, 7) is 2.37. The van der Waals surface area contributed by atoms with E-state index in [9.17, 15) is 0 Å². The zero-order valence-corrected chi connectivity index (χ0v) is 8.37. The first-order valence-electron chi connectivity index (χ1n) is 4.78. The highest BCUT2D eigenvalue weighted by Gasteiger charge is 2.37. The van der Waals surface area contributed by atoms with Crippen molar-refractivity contribution in [2.24, 2.45) is 23.7 Å². The van der Waals surface area contributed by atoms with Crippen molar-refractivity contribution in [3.8, 4) is 0 Å². The van der Waals surface area contributed by atoms with Crippen molar-refractivity contribution in [2.75, 3.05) is 5.75 Å². The van der Waals surface area contributed by atoms with Crippen molar-refractivity contribution < 1.29 is 0 Å². The van der Waals surface area contributed by atoms with Gasteiger partial charge in [0, 0.05) is 0 Å². The molecule has 0 aromatic heterocycles. The van der Waals surface area contributed by atoms with Crippen LogP contribution in [0.25, 0.3) is 0 Å². The number of hydrogen-bond donors (Lipinski definition) is 1. The summed E-state index contributed by atoms with van der Waals surface area (Å²) in [4.78, 5) is 0. The van der Waals surface area contributed by atoms with Gasteiger partial charge in [-0.15, -0.1) is 0 Å². The van der Waals surface area contributed by atoms with Crippen molar-refractivity contribution in [1.29, 1.82) is 0 Å². The summed E-state index contributed by atoms with van der Waals surface area (Å²) in [5.41, 5.74) is 0. The first-order chi connectivity index (χ1) is 5.83. The molecule has 2 rings (SSSR count). The summed E-state index contributed by atoms with van der Waals surface area (Å²) >= 11 is 4.42. The molecule has 0 heterocycles. The van der Waals surface area contributed by atoms with Crippen LogP contribution in [0.5, 0.6) is 0 Å². The molecular weight excluding hydrogens is 164 g/mol. The molecule has 0 nitrogen and oxygen atoms in total. The fraction of sp³-hybridized carbons (Fsp3) is 0.636. The Labute approximate surface area is 80.2 Å². The summed E-state index contributed by atoms with van der Waals surface area (Å²) < 4.78 is 0. The predicted octanol–water partition coefficient (Wildman–Crippen LogP) is 2.93. The van der Waals surface area contributed by atoms with E-state index >= 15 is 0 Å². The Bertz CT molecular complexity index is 217. The minimum absolute atomic E-state index is 0.780. The maximum absolute atomic E-state index is 4.42. The van der Waals surface area contributed by atoms with Gasteiger partial charge in [0.25, 0.3) is 0 Å². The van der Waals surface area contributed by atoms with Gasteiger partial charge in [-0.3, -0.25) is 0 Å².